The Balaban J connectivity index is 1.61. The molecule has 1 aliphatic carbocycles. The molecule has 2 unspecified atom stereocenters. The number of benzene rings is 1. The summed E-state index contributed by atoms with van der Waals surface area (Å²) in [5.41, 5.74) is 3.08. The number of rotatable bonds is 3. The molecule has 20 heavy (non-hydrogen) atoms. The van der Waals surface area contributed by atoms with Crippen molar-refractivity contribution >= 4 is 0 Å². The van der Waals surface area contributed by atoms with Gasteiger partial charge in [-0.1, -0.05) is 24.3 Å². The first-order chi connectivity index (χ1) is 9.74. The molecule has 1 aromatic rings. The normalized spacial score (nSPS) is 28.3. The summed E-state index contributed by atoms with van der Waals surface area (Å²) in [6.07, 6.45) is 3.85. The zero-order chi connectivity index (χ0) is 13.9. The number of nitrogens with one attached hydrogen (secondary N) is 1. The van der Waals surface area contributed by atoms with Gasteiger partial charge >= 0.3 is 0 Å². The molecule has 1 aliphatic heterocycles. The van der Waals surface area contributed by atoms with Crippen molar-refractivity contribution in [1.82, 2.24) is 15.1 Å². The second kappa shape index (κ2) is 6.25. The highest BCUT2D eigenvalue weighted by atomic mass is 15.3. The molecule has 0 radical (unpaired) electrons. The van der Waals surface area contributed by atoms with Gasteiger partial charge in [-0.3, -0.25) is 4.90 Å². The Bertz CT molecular complexity index is 446. The lowest BCUT2D eigenvalue weighted by molar-refractivity contribution is 0.111. The van der Waals surface area contributed by atoms with Crippen LogP contribution in [0.2, 0.25) is 0 Å². The van der Waals surface area contributed by atoms with Gasteiger partial charge in [-0.2, -0.15) is 0 Å². The van der Waals surface area contributed by atoms with Crippen molar-refractivity contribution in [2.24, 2.45) is 0 Å². The van der Waals surface area contributed by atoms with E-state index in [0.29, 0.717) is 12.1 Å². The topological polar surface area (TPSA) is 18.5 Å². The van der Waals surface area contributed by atoms with Gasteiger partial charge in [0.1, 0.15) is 0 Å². The summed E-state index contributed by atoms with van der Waals surface area (Å²) in [5.74, 6) is 0. The monoisotopic (exact) mass is 273 g/mol. The van der Waals surface area contributed by atoms with Crippen molar-refractivity contribution in [1.29, 1.82) is 0 Å². The van der Waals surface area contributed by atoms with Crippen LogP contribution in [0.5, 0.6) is 0 Å². The lowest BCUT2D eigenvalue weighted by atomic mass is 9.87. The average Bonchev–Trinajstić information content (AvgIpc) is 2.48. The molecule has 1 saturated heterocycles. The van der Waals surface area contributed by atoms with Crippen LogP contribution < -0.4 is 5.32 Å². The molecule has 1 heterocycles. The predicted octanol–water partition coefficient (Wildman–Crippen LogP) is 1.90. The summed E-state index contributed by atoms with van der Waals surface area (Å²) < 4.78 is 0. The summed E-state index contributed by atoms with van der Waals surface area (Å²) >= 11 is 0. The minimum Gasteiger partial charge on any atom is -0.308 e. The lowest BCUT2D eigenvalue weighted by Crippen LogP contribution is -2.54. The summed E-state index contributed by atoms with van der Waals surface area (Å²) in [6, 6.07) is 10.2. The molecule has 0 saturated carbocycles. The SMILES string of the molecule is CN1CCN(C)C(CNC2CCCc3ccccc32)C1. The van der Waals surface area contributed by atoms with E-state index in [1.54, 1.807) is 5.56 Å². The molecule has 0 spiro atoms. The molecule has 3 rings (SSSR count). The number of likely N-dealkylation sites (N-methyl/N-ethyl adjacent to an activating group) is 2. The van der Waals surface area contributed by atoms with Crippen molar-refractivity contribution in [3.8, 4) is 0 Å². The Morgan fingerprint density at radius 3 is 2.95 bits per heavy atom. The van der Waals surface area contributed by atoms with E-state index >= 15 is 0 Å². The summed E-state index contributed by atoms with van der Waals surface area (Å²) in [4.78, 5) is 4.95. The molecule has 0 amide bonds. The average molecular weight is 273 g/mol. The van der Waals surface area contributed by atoms with Crippen LogP contribution >= 0.6 is 0 Å². The summed E-state index contributed by atoms with van der Waals surface area (Å²) in [7, 11) is 4.49. The molecule has 0 bridgehead atoms. The first-order valence-corrected chi connectivity index (χ1v) is 7.94. The van der Waals surface area contributed by atoms with E-state index in [0.717, 1.165) is 6.54 Å². The van der Waals surface area contributed by atoms with Crippen molar-refractivity contribution in [2.45, 2.75) is 31.3 Å². The fourth-order valence-electron chi connectivity index (χ4n) is 3.57. The number of aryl methyl sites for hydroxylation is 1. The van der Waals surface area contributed by atoms with Crippen LogP contribution in [0.1, 0.15) is 30.0 Å². The van der Waals surface area contributed by atoms with E-state index in [9.17, 15) is 0 Å². The molecule has 110 valence electrons. The number of nitrogens with zero attached hydrogens (tertiary/aromatic N) is 2. The van der Waals surface area contributed by atoms with E-state index in [2.05, 4.69) is 53.5 Å². The van der Waals surface area contributed by atoms with E-state index < -0.39 is 0 Å². The third-order valence-corrected chi connectivity index (χ3v) is 4.95. The molecular weight excluding hydrogens is 246 g/mol. The third kappa shape index (κ3) is 3.05. The quantitative estimate of drug-likeness (QED) is 0.907. The summed E-state index contributed by atoms with van der Waals surface area (Å²) in [5, 5.41) is 3.83. The van der Waals surface area contributed by atoms with Crippen LogP contribution in [0.4, 0.5) is 0 Å². The highest BCUT2D eigenvalue weighted by molar-refractivity contribution is 5.32. The molecule has 0 aromatic heterocycles. The van der Waals surface area contributed by atoms with Crippen LogP contribution in [0, 0.1) is 0 Å². The van der Waals surface area contributed by atoms with Crippen LogP contribution in [0.15, 0.2) is 24.3 Å². The third-order valence-electron chi connectivity index (χ3n) is 4.95. The maximum atomic E-state index is 3.83. The number of piperazine rings is 1. The Kier molecular flexibility index (Phi) is 4.39. The molecule has 3 heteroatoms. The van der Waals surface area contributed by atoms with Crippen LogP contribution in [-0.4, -0.2) is 56.1 Å². The fourth-order valence-corrected chi connectivity index (χ4v) is 3.57. The largest absolute Gasteiger partial charge is 0.308 e. The molecule has 2 aliphatic rings. The second-order valence-electron chi connectivity index (χ2n) is 6.45. The van der Waals surface area contributed by atoms with Crippen molar-refractivity contribution in [2.75, 3.05) is 40.3 Å². The van der Waals surface area contributed by atoms with Gasteiger partial charge in [0.15, 0.2) is 0 Å². The van der Waals surface area contributed by atoms with E-state index in [-0.39, 0.29) is 0 Å². The number of fused-ring (bicyclic) bond motifs is 1. The Morgan fingerprint density at radius 1 is 1.20 bits per heavy atom. The van der Waals surface area contributed by atoms with Crippen molar-refractivity contribution < 1.29 is 0 Å². The standard InChI is InChI=1S/C17H27N3/c1-19-10-11-20(2)15(13-19)12-18-17-9-5-7-14-6-3-4-8-16(14)17/h3-4,6,8,15,17-18H,5,7,9-13H2,1-2H3. The van der Waals surface area contributed by atoms with Gasteiger partial charge in [-0.15, -0.1) is 0 Å². The number of hydrogen-bond donors (Lipinski definition) is 1. The zero-order valence-electron chi connectivity index (χ0n) is 12.8. The maximum Gasteiger partial charge on any atom is 0.0345 e. The van der Waals surface area contributed by atoms with E-state index in [1.807, 2.05) is 0 Å². The van der Waals surface area contributed by atoms with Gasteiger partial charge in [0.25, 0.3) is 0 Å². The molecule has 3 nitrogen and oxygen atoms in total. The highest BCUT2D eigenvalue weighted by Crippen LogP contribution is 2.29. The van der Waals surface area contributed by atoms with Crippen LogP contribution in [0.3, 0.4) is 0 Å². The molecular formula is C17H27N3. The Hall–Kier alpha value is -0.900. The first-order valence-electron chi connectivity index (χ1n) is 7.94. The van der Waals surface area contributed by atoms with Gasteiger partial charge in [0.05, 0.1) is 0 Å². The van der Waals surface area contributed by atoms with Crippen LogP contribution in [0.25, 0.3) is 0 Å². The van der Waals surface area contributed by atoms with Crippen molar-refractivity contribution in [3.05, 3.63) is 35.4 Å². The van der Waals surface area contributed by atoms with Crippen molar-refractivity contribution in [3.63, 3.8) is 0 Å². The van der Waals surface area contributed by atoms with Gasteiger partial charge < -0.3 is 10.2 Å². The minimum atomic E-state index is 0.556. The zero-order valence-corrected chi connectivity index (χ0v) is 12.8. The molecule has 1 aromatic carbocycles. The second-order valence-corrected chi connectivity index (χ2v) is 6.45. The first kappa shape index (κ1) is 14.1. The predicted molar refractivity (Wildman–Crippen MR) is 84.0 cm³/mol. The van der Waals surface area contributed by atoms with E-state index in [4.69, 9.17) is 0 Å². The fraction of sp³-hybridized carbons (Fsp3) is 0.647. The molecule has 1 fully saturated rings. The highest BCUT2D eigenvalue weighted by Gasteiger charge is 2.24. The van der Waals surface area contributed by atoms with Gasteiger partial charge in [0, 0.05) is 38.3 Å². The maximum absolute atomic E-state index is 3.83. The number of hydrogen-bond acceptors (Lipinski definition) is 3. The van der Waals surface area contributed by atoms with Gasteiger partial charge in [-0.25, -0.2) is 0 Å². The van der Waals surface area contributed by atoms with E-state index in [1.165, 1.54) is 44.5 Å². The summed E-state index contributed by atoms with van der Waals surface area (Å²) in [6.45, 7) is 4.65. The lowest BCUT2D eigenvalue weighted by Gasteiger charge is -2.39. The molecule has 1 N–H and O–H groups in total. The molecule has 2 atom stereocenters. The van der Waals surface area contributed by atoms with Gasteiger partial charge in [0.2, 0.25) is 0 Å². The Labute approximate surface area is 123 Å². The smallest absolute Gasteiger partial charge is 0.0345 e. The minimum absolute atomic E-state index is 0.556. The van der Waals surface area contributed by atoms with Gasteiger partial charge in [-0.05, 0) is 44.5 Å². The Morgan fingerprint density at radius 2 is 2.05 bits per heavy atom. The van der Waals surface area contributed by atoms with Crippen LogP contribution in [-0.2, 0) is 6.42 Å².